The third kappa shape index (κ3) is 17.5. The number of carboxylic acids is 2. The van der Waals surface area contributed by atoms with Gasteiger partial charge in [0.2, 0.25) is 0 Å². The van der Waals surface area contributed by atoms with Crippen LogP contribution in [0.3, 0.4) is 0 Å². The van der Waals surface area contributed by atoms with E-state index in [4.69, 9.17) is 20.4 Å². The van der Waals surface area contributed by atoms with E-state index in [0.29, 0.717) is 12.8 Å². The van der Waals surface area contributed by atoms with E-state index in [1.165, 1.54) is 0 Å². The molecule has 0 bridgehead atoms. The Kier molecular flexibility index (Phi) is 10.8. The number of carbonyl (C=O) groups is 2. The molecule has 0 atom stereocenters. The summed E-state index contributed by atoms with van der Waals surface area (Å²) in [6.45, 7) is 3.69. The first-order chi connectivity index (χ1) is 7.75. The van der Waals surface area contributed by atoms with Gasteiger partial charge in [-0.25, -0.2) is 0 Å². The topological polar surface area (TPSA) is 115 Å². The number of carboxylic acid groups (broad SMARTS) is 2. The average molecular weight is 250 g/mol. The molecule has 0 rings (SSSR count). The third-order valence-corrected chi connectivity index (χ3v) is 1.89. The molecule has 0 aromatic carbocycles. The van der Waals surface area contributed by atoms with Gasteiger partial charge in [0, 0.05) is 18.3 Å². The molecule has 0 saturated heterocycles. The molecule has 6 nitrogen and oxygen atoms in total. The van der Waals surface area contributed by atoms with E-state index in [-0.39, 0.29) is 31.5 Å². The summed E-state index contributed by atoms with van der Waals surface area (Å²) in [6, 6.07) is 0. The number of hydrogen-bond donors (Lipinski definition) is 4. The van der Waals surface area contributed by atoms with Crippen LogP contribution in [0.25, 0.3) is 0 Å². The first-order valence-electron chi connectivity index (χ1n) is 5.40. The molecule has 0 amide bonds. The highest BCUT2D eigenvalue weighted by atomic mass is 16.4. The zero-order chi connectivity index (χ0) is 13.9. The summed E-state index contributed by atoms with van der Waals surface area (Å²) in [5.41, 5.74) is -0.306. The lowest BCUT2D eigenvalue weighted by Gasteiger charge is -2.16. The molecule has 0 radical (unpaired) electrons. The van der Waals surface area contributed by atoms with Crippen LogP contribution < -0.4 is 0 Å². The fourth-order valence-electron chi connectivity index (χ4n) is 0.602. The number of aliphatic carboxylic acids is 2. The van der Waals surface area contributed by atoms with Crippen LogP contribution in [0, 0.1) is 5.41 Å². The first kappa shape index (κ1) is 18.2. The van der Waals surface area contributed by atoms with Gasteiger partial charge in [-0.1, -0.05) is 13.8 Å². The number of unbranched alkanes of at least 4 members (excludes halogenated alkanes) is 1. The van der Waals surface area contributed by atoms with Crippen LogP contribution in [0.5, 0.6) is 0 Å². The van der Waals surface area contributed by atoms with Crippen molar-refractivity contribution in [2.45, 2.75) is 39.5 Å². The van der Waals surface area contributed by atoms with Crippen LogP contribution in [0.15, 0.2) is 0 Å². The quantitative estimate of drug-likeness (QED) is 0.495. The Labute approximate surface area is 101 Å². The van der Waals surface area contributed by atoms with Crippen molar-refractivity contribution in [1.29, 1.82) is 0 Å². The van der Waals surface area contributed by atoms with Gasteiger partial charge in [-0.3, -0.25) is 9.59 Å². The van der Waals surface area contributed by atoms with Crippen molar-refractivity contribution in [3.05, 3.63) is 0 Å². The van der Waals surface area contributed by atoms with E-state index in [1.54, 1.807) is 13.8 Å². The van der Waals surface area contributed by atoms with Crippen molar-refractivity contribution in [2.75, 3.05) is 13.2 Å². The molecular weight excluding hydrogens is 228 g/mol. The maximum atomic E-state index is 9.90. The molecule has 0 saturated carbocycles. The Bertz CT molecular complexity index is 202. The summed E-state index contributed by atoms with van der Waals surface area (Å²) in [5, 5.41) is 33.1. The lowest BCUT2D eigenvalue weighted by molar-refractivity contribution is -0.139. The molecule has 0 aliphatic carbocycles. The lowest BCUT2D eigenvalue weighted by Crippen LogP contribution is -2.20. The second-order valence-electron chi connectivity index (χ2n) is 4.48. The number of hydrogen-bond acceptors (Lipinski definition) is 4. The summed E-state index contributed by atoms with van der Waals surface area (Å²) >= 11 is 0. The first-order valence-corrected chi connectivity index (χ1v) is 5.40. The molecule has 4 N–H and O–H groups in total. The Balaban J connectivity index is 0. The van der Waals surface area contributed by atoms with E-state index in [1.807, 2.05) is 0 Å². The molecule has 0 aliphatic heterocycles. The summed E-state index contributed by atoms with van der Waals surface area (Å²) in [6.07, 6.45) is 1.02. The summed E-state index contributed by atoms with van der Waals surface area (Å²) in [4.78, 5) is 19.8. The molecule has 0 heterocycles. The summed E-state index contributed by atoms with van der Waals surface area (Å²) < 4.78 is 0. The average Bonchev–Trinajstić information content (AvgIpc) is 2.25. The number of aliphatic hydroxyl groups is 2. The largest absolute Gasteiger partial charge is 0.481 e. The predicted molar refractivity (Wildman–Crippen MR) is 61.7 cm³/mol. The maximum absolute atomic E-state index is 9.90. The van der Waals surface area contributed by atoms with Gasteiger partial charge in [-0.15, -0.1) is 0 Å². The Morgan fingerprint density at radius 1 is 0.882 bits per heavy atom. The van der Waals surface area contributed by atoms with Crippen LogP contribution in [0.4, 0.5) is 0 Å². The van der Waals surface area contributed by atoms with Gasteiger partial charge in [0.1, 0.15) is 0 Å². The Hall–Kier alpha value is -1.14. The van der Waals surface area contributed by atoms with E-state index in [9.17, 15) is 9.59 Å². The molecule has 17 heavy (non-hydrogen) atoms. The monoisotopic (exact) mass is 250 g/mol. The summed E-state index contributed by atoms with van der Waals surface area (Å²) in [7, 11) is 0. The van der Waals surface area contributed by atoms with Gasteiger partial charge in [0.25, 0.3) is 0 Å². The van der Waals surface area contributed by atoms with Crippen molar-refractivity contribution >= 4 is 11.9 Å². The van der Waals surface area contributed by atoms with E-state index < -0.39 is 11.9 Å². The number of aliphatic hydroxyl groups excluding tert-OH is 2. The zero-order valence-electron chi connectivity index (χ0n) is 10.3. The van der Waals surface area contributed by atoms with Crippen LogP contribution in [-0.4, -0.2) is 45.6 Å². The second kappa shape index (κ2) is 10.0. The predicted octanol–water partition coefficient (Wildman–Crippen LogP) is 0.713. The Morgan fingerprint density at radius 3 is 1.29 bits per heavy atom. The van der Waals surface area contributed by atoms with Crippen LogP contribution >= 0.6 is 0 Å². The van der Waals surface area contributed by atoms with Crippen molar-refractivity contribution in [2.24, 2.45) is 5.41 Å². The molecule has 0 aliphatic rings. The van der Waals surface area contributed by atoms with Crippen LogP contribution in [0.1, 0.15) is 39.5 Å². The SMILES string of the molecule is CC(C)(CO)CO.O=C(O)CCCCC(=O)O. The fraction of sp³-hybridized carbons (Fsp3) is 0.818. The summed E-state index contributed by atoms with van der Waals surface area (Å²) in [5.74, 6) is -1.74. The van der Waals surface area contributed by atoms with Gasteiger partial charge in [0.05, 0.1) is 13.2 Å². The van der Waals surface area contributed by atoms with Gasteiger partial charge in [-0.2, -0.15) is 0 Å². The van der Waals surface area contributed by atoms with Crippen LogP contribution in [0.2, 0.25) is 0 Å². The molecule has 0 aromatic rings. The normalized spacial score (nSPS) is 10.4. The molecule has 0 fully saturated rings. The van der Waals surface area contributed by atoms with Crippen molar-refractivity contribution in [1.82, 2.24) is 0 Å². The minimum absolute atomic E-state index is 0.0451. The molecule has 6 heteroatoms. The molecule has 0 spiro atoms. The van der Waals surface area contributed by atoms with E-state index >= 15 is 0 Å². The van der Waals surface area contributed by atoms with Crippen molar-refractivity contribution in [3.8, 4) is 0 Å². The smallest absolute Gasteiger partial charge is 0.303 e. The fourth-order valence-corrected chi connectivity index (χ4v) is 0.602. The highest BCUT2D eigenvalue weighted by Gasteiger charge is 2.13. The van der Waals surface area contributed by atoms with E-state index in [2.05, 4.69) is 0 Å². The number of rotatable bonds is 7. The lowest BCUT2D eigenvalue weighted by atomic mass is 9.97. The highest BCUT2D eigenvalue weighted by Crippen LogP contribution is 2.10. The minimum atomic E-state index is -0.870. The molecule has 0 aromatic heterocycles. The highest BCUT2D eigenvalue weighted by molar-refractivity contribution is 5.67. The van der Waals surface area contributed by atoms with Gasteiger partial charge in [-0.05, 0) is 12.8 Å². The van der Waals surface area contributed by atoms with E-state index in [0.717, 1.165) is 0 Å². The van der Waals surface area contributed by atoms with Gasteiger partial charge in [0.15, 0.2) is 0 Å². The molecular formula is C11H22O6. The standard InChI is InChI=1S/C6H10O4.C5H12O2/c7-5(8)3-1-2-4-6(9)10;1-5(2,3-6)4-7/h1-4H2,(H,7,8)(H,9,10);6-7H,3-4H2,1-2H3. The van der Waals surface area contributed by atoms with Crippen molar-refractivity contribution in [3.63, 3.8) is 0 Å². The van der Waals surface area contributed by atoms with Gasteiger partial charge < -0.3 is 20.4 Å². The third-order valence-electron chi connectivity index (χ3n) is 1.89. The molecule has 0 unspecified atom stereocenters. The molecule has 102 valence electrons. The maximum Gasteiger partial charge on any atom is 0.303 e. The minimum Gasteiger partial charge on any atom is -0.481 e. The van der Waals surface area contributed by atoms with Crippen molar-refractivity contribution < 1.29 is 30.0 Å². The second-order valence-corrected chi connectivity index (χ2v) is 4.48. The zero-order valence-corrected chi connectivity index (χ0v) is 10.3. The Morgan fingerprint density at radius 2 is 1.18 bits per heavy atom. The van der Waals surface area contributed by atoms with Gasteiger partial charge >= 0.3 is 11.9 Å². The van der Waals surface area contributed by atoms with Crippen LogP contribution in [-0.2, 0) is 9.59 Å².